The zero-order valence-corrected chi connectivity index (χ0v) is 18.6. The van der Waals surface area contributed by atoms with Gasteiger partial charge in [-0.05, 0) is 61.4 Å². The monoisotopic (exact) mass is 443 g/mol. The molecule has 1 aliphatic heterocycles. The van der Waals surface area contributed by atoms with Gasteiger partial charge in [0.1, 0.15) is 5.75 Å². The molecule has 170 valence electrons. The van der Waals surface area contributed by atoms with Gasteiger partial charge in [0.05, 0.1) is 13.0 Å². The average molecular weight is 444 g/mol. The molecule has 0 spiro atoms. The Morgan fingerprint density at radius 2 is 1.36 bits per heavy atom. The van der Waals surface area contributed by atoms with E-state index in [2.05, 4.69) is 10.6 Å². The number of likely N-dealkylation sites (tertiary alicyclic amines) is 1. The smallest absolute Gasteiger partial charge is 0.227 e. The van der Waals surface area contributed by atoms with E-state index >= 15 is 0 Å². The van der Waals surface area contributed by atoms with Crippen LogP contribution in [0.15, 0.2) is 84.9 Å². The number of hydrogen-bond acceptors (Lipinski definition) is 4. The number of piperidine rings is 1. The third-order valence-corrected chi connectivity index (χ3v) is 5.76. The summed E-state index contributed by atoms with van der Waals surface area (Å²) in [4.78, 5) is 27.0. The summed E-state index contributed by atoms with van der Waals surface area (Å²) in [5.41, 5.74) is 2.75. The Balaban J connectivity index is 1.18. The molecule has 1 heterocycles. The number of rotatable bonds is 8. The van der Waals surface area contributed by atoms with Gasteiger partial charge in [-0.25, -0.2) is 0 Å². The first-order chi connectivity index (χ1) is 16.2. The molecule has 1 saturated heterocycles. The highest BCUT2D eigenvalue weighted by Gasteiger charge is 2.27. The molecule has 1 aliphatic rings. The molecule has 6 heteroatoms. The highest BCUT2D eigenvalue weighted by Crippen LogP contribution is 2.22. The van der Waals surface area contributed by atoms with Crippen LogP contribution in [0.25, 0.3) is 0 Å². The molecular weight excluding hydrogens is 414 g/mol. The number of hydrogen-bond donors (Lipinski definition) is 2. The maximum Gasteiger partial charge on any atom is 0.227 e. The van der Waals surface area contributed by atoms with Crippen molar-refractivity contribution in [1.82, 2.24) is 4.90 Å². The summed E-state index contributed by atoms with van der Waals surface area (Å²) < 4.78 is 5.62. The first-order valence-electron chi connectivity index (χ1n) is 11.4. The van der Waals surface area contributed by atoms with Crippen LogP contribution in [0.3, 0.4) is 0 Å². The van der Waals surface area contributed by atoms with E-state index in [1.165, 1.54) is 0 Å². The van der Waals surface area contributed by atoms with E-state index in [-0.39, 0.29) is 17.7 Å². The molecule has 1 fully saturated rings. The van der Waals surface area contributed by atoms with Crippen LogP contribution in [0.4, 0.5) is 17.1 Å². The van der Waals surface area contributed by atoms with Gasteiger partial charge in [0.15, 0.2) is 0 Å². The Morgan fingerprint density at radius 1 is 0.788 bits per heavy atom. The molecule has 3 aromatic rings. The maximum atomic E-state index is 12.7. The van der Waals surface area contributed by atoms with E-state index in [1.54, 1.807) is 0 Å². The van der Waals surface area contributed by atoms with Gasteiger partial charge < -0.3 is 20.3 Å². The highest BCUT2D eigenvalue weighted by molar-refractivity contribution is 5.93. The molecule has 0 aromatic heterocycles. The fourth-order valence-electron chi connectivity index (χ4n) is 3.89. The molecular formula is C27H29N3O3. The molecule has 2 N–H and O–H groups in total. The fraction of sp³-hybridized carbons (Fsp3) is 0.259. The van der Waals surface area contributed by atoms with Crippen LogP contribution in [0, 0.1) is 5.92 Å². The van der Waals surface area contributed by atoms with Crippen LogP contribution in [0.5, 0.6) is 5.75 Å². The van der Waals surface area contributed by atoms with Gasteiger partial charge in [0.2, 0.25) is 11.8 Å². The van der Waals surface area contributed by atoms with Crippen LogP contribution >= 0.6 is 0 Å². The largest absolute Gasteiger partial charge is 0.493 e. The van der Waals surface area contributed by atoms with Crippen molar-refractivity contribution in [2.45, 2.75) is 19.3 Å². The number of carbonyl (C=O) groups excluding carboxylic acids is 2. The zero-order chi connectivity index (χ0) is 22.9. The van der Waals surface area contributed by atoms with Gasteiger partial charge in [-0.2, -0.15) is 0 Å². The average Bonchev–Trinajstić information content (AvgIpc) is 2.86. The van der Waals surface area contributed by atoms with Crippen LogP contribution in [-0.2, 0) is 9.59 Å². The molecule has 6 nitrogen and oxygen atoms in total. The summed E-state index contributed by atoms with van der Waals surface area (Å²) in [6.07, 6.45) is 1.69. The van der Waals surface area contributed by atoms with E-state index in [0.29, 0.717) is 39.0 Å². The number of anilines is 3. The SMILES string of the molecule is O=C(Nc1ccc(Nc2ccccc2)cc1)C1CCN(C(=O)CCOc2ccccc2)CC1. The van der Waals surface area contributed by atoms with E-state index < -0.39 is 0 Å². The standard InChI is InChI=1S/C27H29N3O3/c31-26(17-20-33-25-9-5-2-6-10-25)30-18-15-21(16-19-30)27(32)29-24-13-11-23(12-14-24)28-22-7-3-1-4-8-22/h1-14,21,28H,15-20H2,(H,29,32). The van der Waals surface area contributed by atoms with Gasteiger partial charge in [-0.15, -0.1) is 0 Å². The number of carbonyl (C=O) groups is 2. The van der Waals surface area contributed by atoms with Gasteiger partial charge in [-0.3, -0.25) is 9.59 Å². The van der Waals surface area contributed by atoms with Gasteiger partial charge in [0, 0.05) is 36.1 Å². The van der Waals surface area contributed by atoms with Crippen molar-refractivity contribution < 1.29 is 14.3 Å². The Morgan fingerprint density at radius 3 is 2.03 bits per heavy atom. The van der Waals surface area contributed by atoms with Crippen molar-refractivity contribution >= 4 is 28.9 Å². The lowest BCUT2D eigenvalue weighted by Crippen LogP contribution is -2.41. The molecule has 2 amide bonds. The van der Waals surface area contributed by atoms with Gasteiger partial charge in [0.25, 0.3) is 0 Å². The van der Waals surface area contributed by atoms with Crippen molar-refractivity contribution in [3.8, 4) is 5.75 Å². The Bertz CT molecular complexity index is 1030. The summed E-state index contributed by atoms with van der Waals surface area (Å²) in [7, 11) is 0. The number of para-hydroxylation sites is 2. The predicted octanol–water partition coefficient (Wildman–Crippen LogP) is 5.08. The van der Waals surface area contributed by atoms with Crippen LogP contribution in [0.2, 0.25) is 0 Å². The molecule has 0 radical (unpaired) electrons. The van der Waals surface area contributed by atoms with E-state index in [0.717, 1.165) is 22.8 Å². The van der Waals surface area contributed by atoms with Gasteiger partial charge >= 0.3 is 0 Å². The summed E-state index contributed by atoms with van der Waals surface area (Å²) >= 11 is 0. The van der Waals surface area contributed by atoms with Crippen LogP contribution in [0.1, 0.15) is 19.3 Å². The second-order valence-electron chi connectivity index (χ2n) is 8.12. The molecule has 0 unspecified atom stereocenters. The molecule has 4 rings (SSSR count). The minimum Gasteiger partial charge on any atom is -0.493 e. The topological polar surface area (TPSA) is 70.7 Å². The molecule has 0 aliphatic carbocycles. The third-order valence-electron chi connectivity index (χ3n) is 5.76. The quantitative estimate of drug-likeness (QED) is 0.510. The van der Waals surface area contributed by atoms with Crippen LogP contribution < -0.4 is 15.4 Å². The van der Waals surface area contributed by atoms with Crippen molar-refractivity contribution in [3.63, 3.8) is 0 Å². The minimum absolute atomic E-state index is 0.0123. The maximum absolute atomic E-state index is 12.7. The number of nitrogens with one attached hydrogen (secondary N) is 2. The number of benzene rings is 3. The summed E-state index contributed by atoms with van der Waals surface area (Å²) in [6, 6.07) is 27.1. The van der Waals surface area contributed by atoms with E-state index in [9.17, 15) is 9.59 Å². The lowest BCUT2D eigenvalue weighted by atomic mass is 9.95. The number of nitrogens with zero attached hydrogens (tertiary/aromatic N) is 1. The van der Waals surface area contributed by atoms with Crippen molar-refractivity contribution in [2.24, 2.45) is 5.92 Å². The first kappa shape index (κ1) is 22.4. The minimum atomic E-state index is -0.0864. The van der Waals surface area contributed by atoms with E-state index in [4.69, 9.17) is 4.74 Å². The first-order valence-corrected chi connectivity index (χ1v) is 11.4. The second kappa shape index (κ2) is 11.2. The third kappa shape index (κ3) is 6.59. The lowest BCUT2D eigenvalue weighted by molar-refractivity contribution is -0.135. The van der Waals surface area contributed by atoms with Crippen molar-refractivity contribution in [2.75, 3.05) is 30.3 Å². The van der Waals surface area contributed by atoms with Gasteiger partial charge in [-0.1, -0.05) is 36.4 Å². The molecule has 0 bridgehead atoms. The Hall–Kier alpha value is -3.80. The lowest BCUT2D eigenvalue weighted by Gasteiger charge is -2.31. The molecule has 3 aromatic carbocycles. The molecule has 0 atom stereocenters. The van der Waals surface area contributed by atoms with Crippen molar-refractivity contribution in [3.05, 3.63) is 84.9 Å². The van der Waals surface area contributed by atoms with Crippen molar-refractivity contribution in [1.29, 1.82) is 0 Å². The molecule has 0 saturated carbocycles. The zero-order valence-electron chi connectivity index (χ0n) is 18.6. The fourth-order valence-corrected chi connectivity index (χ4v) is 3.89. The summed E-state index contributed by atoms with van der Waals surface area (Å²) in [5.74, 6) is 0.769. The highest BCUT2D eigenvalue weighted by atomic mass is 16.5. The number of amides is 2. The van der Waals surface area contributed by atoms with Crippen LogP contribution in [-0.4, -0.2) is 36.4 Å². The van der Waals surface area contributed by atoms with E-state index in [1.807, 2.05) is 89.8 Å². The second-order valence-corrected chi connectivity index (χ2v) is 8.12. The molecule has 33 heavy (non-hydrogen) atoms. The predicted molar refractivity (Wildman–Crippen MR) is 131 cm³/mol. The summed E-state index contributed by atoms with van der Waals surface area (Å²) in [6.45, 7) is 1.56. The normalized spacial score (nSPS) is 13.9. The Kier molecular flexibility index (Phi) is 7.59. The summed E-state index contributed by atoms with van der Waals surface area (Å²) in [5, 5.41) is 6.34. The number of ether oxygens (including phenoxy) is 1. The Labute approximate surface area is 194 Å².